The van der Waals surface area contributed by atoms with Gasteiger partial charge in [-0.15, -0.1) is 0 Å². The Morgan fingerprint density at radius 1 is 1.47 bits per heavy atom. The largest absolute Gasteiger partial charge is 0.465 e. The summed E-state index contributed by atoms with van der Waals surface area (Å²) in [6, 6.07) is 11.3. The number of carbonyl (C=O) groups excluding carboxylic acids is 1. The van der Waals surface area contributed by atoms with Crippen molar-refractivity contribution in [3.63, 3.8) is 0 Å². The molecule has 0 heterocycles. The Balaban J connectivity index is 3.08. The average molecular weight is 229 g/mol. The third-order valence-electron chi connectivity index (χ3n) is 2.40. The summed E-state index contributed by atoms with van der Waals surface area (Å²) in [4.78, 5) is 11.9. The molecule has 0 amide bonds. The number of rotatable bonds is 4. The van der Waals surface area contributed by atoms with Gasteiger partial charge in [0.2, 0.25) is 0 Å². The zero-order valence-corrected chi connectivity index (χ0v) is 10.0. The Bertz CT molecular complexity index is 443. The van der Waals surface area contributed by atoms with Gasteiger partial charge in [0.1, 0.15) is 5.92 Å². The second-order valence-electron chi connectivity index (χ2n) is 3.61. The first-order chi connectivity index (χ1) is 8.20. The van der Waals surface area contributed by atoms with Crippen LogP contribution in [0.5, 0.6) is 0 Å². The van der Waals surface area contributed by atoms with Crippen molar-refractivity contribution in [3.05, 3.63) is 47.5 Å². The van der Waals surface area contributed by atoms with Crippen molar-refractivity contribution in [1.29, 1.82) is 5.26 Å². The fourth-order valence-electron chi connectivity index (χ4n) is 1.64. The van der Waals surface area contributed by atoms with Gasteiger partial charge in [0, 0.05) is 6.08 Å². The third kappa shape index (κ3) is 3.46. The van der Waals surface area contributed by atoms with Gasteiger partial charge in [-0.3, -0.25) is 4.79 Å². The van der Waals surface area contributed by atoms with E-state index in [-0.39, 0.29) is 5.97 Å². The average Bonchev–Trinajstić information content (AvgIpc) is 2.31. The molecule has 1 unspecified atom stereocenters. The molecular formula is C14H15NO2. The lowest BCUT2D eigenvalue weighted by Gasteiger charge is -2.16. The van der Waals surface area contributed by atoms with Crippen molar-refractivity contribution in [2.24, 2.45) is 0 Å². The fourth-order valence-corrected chi connectivity index (χ4v) is 1.64. The third-order valence-corrected chi connectivity index (χ3v) is 2.40. The maximum atomic E-state index is 11.9. The smallest absolute Gasteiger partial charge is 0.317 e. The van der Waals surface area contributed by atoms with Crippen LogP contribution in [0.25, 0.3) is 0 Å². The molecule has 0 saturated heterocycles. The molecule has 1 aromatic rings. The molecule has 0 spiro atoms. The number of carbonyl (C=O) groups is 1. The fraction of sp³-hybridized carbons (Fsp3) is 0.286. The molecule has 1 atom stereocenters. The molecule has 3 nitrogen and oxygen atoms in total. The van der Waals surface area contributed by atoms with E-state index in [1.807, 2.05) is 36.4 Å². The number of nitriles is 1. The molecular weight excluding hydrogens is 214 g/mol. The van der Waals surface area contributed by atoms with E-state index >= 15 is 0 Å². The highest BCUT2D eigenvalue weighted by Crippen LogP contribution is 2.25. The van der Waals surface area contributed by atoms with Crippen molar-refractivity contribution >= 4 is 5.97 Å². The standard InChI is InChI=1S/C14H15NO2/c1-3-17-14(16)13(11(2)9-10-15)12-7-5-4-6-8-12/h4-9,13H,3H2,1-2H3/b11-9+. The van der Waals surface area contributed by atoms with Crippen LogP contribution in [-0.4, -0.2) is 12.6 Å². The molecule has 0 aliphatic heterocycles. The summed E-state index contributed by atoms with van der Waals surface area (Å²) in [5, 5.41) is 8.67. The highest BCUT2D eigenvalue weighted by Gasteiger charge is 2.23. The van der Waals surface area contributed by atoms with Crippen LogP contribution in [0.4, 0.5) is 0 Å². The summed E-state index contributed by atoms with van der Waals surface area (Å²) in [5.41, 5.74) is 1.53. The van der Waals surface area contributed by atoms with Gasteiger partial charge >= 0.3 is 5.97 Å². The number of esters is 1. The van der Waals surface area contributed by atoms with Crippen LogP contribution in [0.15, 0.2) is 42.0 Å². The number of hydrogen-bond acceptors (Lipinski definition) is 3. The molecule has 0 fully saturated rings. The summed E-state index contributed by atoms with van der Waals surface area (Å²) < 4.78 is 5.04. The van der Waals surface area contributed by atoms with Crippen LogP contribution in [0.1, 0.15) is 25.3 Å². The molecule has 17 heavy (non-hydrogen) atoms. The molecule has 0 radical (unpaired) electrons. The Morgan fingerprint density at radius 3 is 2.65 bits per heavy atom. The lowest BCUT2D eigenvalue weighted by atomic mass is 9.92. The maximum absolute atomic E-state index is 11.9. The van der Waals surface area contributed by atoms with E-state index in [9.17, 15) is 4.79 Å². The van der Waals surface area contributed by atoms with Gasteiger partial charge in [-0.05, 0) is 25.0 Å². The van der Waals surface area contributed by atoms with E-state index in [1.165, 1.54) is 6.08 Å². The minimum Gasteiger partial charge on any atom is -0.465 e. The molecule has 0 aliphatic carbocycles. The van der Waals surface area contributed by atoms with E-state index < -0.39 is 5.92 Å². The highest BCUT2D eigenvalue weighted by molar-refractivity contribution is 5.81. The zero-order chi connectivity index (χ0) is 12.7. The predicted molar refractivity (Wildman–Crippen MR) is 65.2 cm³/mol. The molecule has 0 N–H and O–H groups in total. The topological polar surface area (TPSA) is 50.1 Å². The van der Waals surface area contributed by atoms with Gasteiger partial charge in [0.15, 0.2) is 0 Å². The summed E-state index contributed by atoms with van der Waals surface area (Å²) in [6.07, 6.45) is 1.38. The quantitative estimate of drug-likeness (QED) is 0.589. The summed E-state index contributed by atoms with van der Waals surface area (Å²) in [7, 11) is 0. The molecule has 3 heteroatoms. The zero-order valence-electron chi connectivity index (χ0n) is 10.0. The molecule has 0 aliphatic rings. The molecule has 1 aromatic carbocycles. The van der Waals surface area contributed by atoms with Gasteiger partial charge in [-0.2, -0.15) is 5.26 Å². The Morgan fingerprint density at radius 2 is 2.12 bits per heavy atom. The van der Waals surface area contributed by atoms with Crippen molar-refractivity contribution in [1.82, 2.24) is 0 Å². The van der Waals surface area contributed by atoms with E-state index in [0.29, 0.717) is 12.2 Å². The van der Waals surface area contributed by atoms with Gasteiger partial charge in [-0.25, -0.2) is 0 Å². The van der Waals surface area contributed by atoms with E-state index in [2.05, 4.69) is 0 Å². The van der Waals surface area contributed by atoms with E-state index in [0.717, 1.165) is 5.56 Å². The minimum absolute atomic E-state index is 0.317. The SMILES string of the molecule is CCOC(=O)C(/C(C)=C/C#N)c1ccccc1. The van der Waals surface area contributed by atoms with Gasteiger partial charge in [0.05, 0.1) is 12.7 Å². The first-order valence-corrected chi connectivity index (χ1v) is 5.48. The second-order valence-corrected chi connectivity index (χ2v) is 3.61. The molecule has 88 valence electrons. The first kappa shape index (κ1) is 13.0. The number of benzene rings is 1. The van der Waals surface area contributed by atoms with Crippen LogP contribution in [-0.2, 0) is 9.53 Å². The number of allylic oxidation sites excluding steroid dienone is 1. The maximum Gasteiger partial charge on any atom is 0.317 e. The van der Waals surface area contributed by atoms with Gasteiger partial charge < -0.3 is 4.74 Å². The lowest BCUT2D eigenvalue weighted by Crippen LogP contribution is -2.17. The summed E-state index contributed by atoms with van der Waals surface area (Å²) in [6.45, 7) is 3.86. The van der Waals surface area contributed by atoms with E-state index in [1.54, 1.807) is 13.8 Å². The van der Waals surface area contributed by atoms with Crippen LogP contribution < -0.4 is 0 Å². The number of ether oxygens (including phenoxy) is 1. The monoisotopic (exact) mass is 229 g/mol. The van der Waals surface area contributed by atoms with E-state index in [4.69, 9.17) is 10.00 Å². The van der Waals surface area contributed by atoms with Crippen LogP contribution in [0, 0.1) is 11.3 Å². The van der Waals surface area contributed by atoms with Gasteiger partial charge in [-0.1, -0.05) is 30.3 Å². The van der Waals surface area contributed by atoms with Gasteiger partial charge in [0.25, 0.3) is 0 Å². The second kappa shape index (κ2) is 6.49. The normalized spacial score (nSPS) is 12.6. The molecule has 1 rings (SSSR count). The molecule has 0 bridgehead atoms. The molecule has 0 saturated carbocycles. The van der Waals surface area contributed by atoms with Crippen LogP contribution in [0.2, 0.25) is 0 Å². The van der Waals surface area contributed by atoms with Crippen LogP contribution >= 0.6 is 0 Å². The molecule has 0 aromatic heterocycles. The van der Waals surface area contributed by atoms with Crippen molar-refractivity contribution in [2.45, 2.75) is 19.8 Å². The number of nitrogens with zero attached hydrogens (tertiary/aromatic N) is 1. The summed E-state index contributed by atoms with van der Waals surface area (Å²) in [5.74, 6) is -0.807. The highest BCUT2D eigenvalue weighted by atomic mass is 16.5. The Labute approximate surface area is 101 Å². The Kier molecular flexibility index (Phi) is 4.96. The Hall–Kier alpha value is -2.08. The van der Waals surface area contributed by atoms with Crippen LogP contribution in [0.3, 0.4) is 0 Å². The van der Waals surface area contributed by atoms with Crippen molar-refractivity contribution in [2.75, 3.05) is 6.61 Å². The minimum atomic E-state index is -0.490. The van der Waals surface area contributed by atoms with Crippen molar-refractivity contribution < 1.29 is 9.53 Å². The number of hydrogen-bond donors (Lipinski definition) is 0. The van der Waals surface area contributed by atoms with Crippen molar-refractivity contribution in [3.8, 4) is 6.07 Å². The lowest BCUT2D eigenvalue weighted by molar-refractivity contribution is -0.143. The summed E-state index contributed by atoms with van der Waals surface area (Å²) >= 11 is 0. The first-order valence-electron chi connectivity index (χ1n) is 5.48. The predicted octanol–water partition coefficient (Wildman–Crippen LogP) is 2.80.